The van der Waals surface area contributed by atoms with Gasteiger partial charge in [0.25, 0.3) is 5.91 Å². The summed E-state index contributed by atoms with van der Waals surface area (Å²) in [7, 11) is 1.31. The third kappa shape index (κ3) is 9.57. The molecule has 0 spiro atoms. The second-order valence-electron chi connectivity index (χ2n) is 9.40. The molecule has 43 heavy (non-hydrogen) atoms. The summed E-state index contributed by atoms with van der Waals surface area (Å²) in [6, 6.07) is 26.2. The summed E-state index contributed by atoms with van der Waals surface area (Å²) >= 11 is 1.22. The minimum atomic E-state index is -0.943. The standard InChI is InChI=1S/C32H32N4O6S/c1-41-29(37)21-43-28-16-8-7-14-25(28)35-30(38)26(15-9-19-33-32(40)42-20-22-10-3-2-4-11-22)36-31(39)27-18-17-23-12-5-6-13-24(23)34-27/h2-8,10-14,16-18,26H,9,15,19-21H2,1H3,(H,33,40)(H,35,38)(H,36,39)/t26-/m0/s1. The highest BCUT2D eigenvalue weighted by molar-refractivity contribution is 8.00. The number of anilines is 1. The zero-order valence-electron chi connectivity index (χ0n) is 23.6. The lowest BCUT2D eigenvalue weighted by Crippen LogP contribution is -2.44. The van der Waals surface area contributed by atoms with Crippen LogP contribution in [0.15, 0.2) is 95.9 Å². The summed E-state index contributed by atoms with van der Waals surface area (Å²) in [6.45, 7) is 0.368. The third-order valence-electron chi connectivity index (χ3n) is 6.32. The van der Waals surface area contributed by atoms with Crippen LogP contribution < -0.4 is 16.0 Å². The molecule has 0 unspecified atom stereocenters. The lowest BCUT2D eigenvalue weighted by atomic mass is 10.1. The number of benzene rings is 3. The molecule has 4 rings (SSSR count). The lowest BCUT2D eigenvalue weighted by Gasteiger charge is -2.20. The van der Waals surface area contributed by atoms with E-state index in [9.17, 15) is 19.2 Å². The van der Waals surface area contributed by atoms with E-state index < -0.39 is 29.9 Å². The predicted molar refractivity (Wildman–Crippen MR) is 165 cm³/mol. The Labute approximate surface area is 253 Å². The van der Waals surface area contributed by atoms with Crippen molar-refractivity contribution in [3.8, 4) is 0 Å². The van der Waals surface area contributed by atoms with Crippen LogP contribution in [0, 0.1) is 0 Å². The molecule has 1 atom stereocenters. The Morgan fingerprint density at radius 1 is 0.884 bits per heavy atom. The maximum atomic E-state index is 13.5. The van der Waals surface area contributed by atoms with Crippen LogP contribution >= 0.6 is 11.8 Å². The molecule has 0 saturated carbocycles. The van der Waals surface area contributed by atoms with Crippen LogP contribution in [0.1, 0.15) is 28.9 Å². The van der Waals surface area contributed by atoms with E-state index in [0.717, 1.165) is 10.9 Å². The number of esters is 1. The predicted octanol–water partition coefficient (Wildman–Crippen LogP) is 4.94. The van der Waals surface area contributed by atoms with Gasteiger partial charge in [-0.1, -0.05) is 66.7 Å². The van der Waals surface area contributed by atoms with Gasteiger partial charge in [0.1, 0.15) is 18.3 Å². The summed E-state index contributed by atoms with van der Waals surface area (Å²) in [4.78, 5) is 55.6. The SMILES string of the molecule is COC(=O)CSc1ccccc1NC(=O)[C@H](CCCNC(=O)OCc1ccccc1)NC(=O)c1ccc2ccccc2n1. The number of aromatic nitrogens is 1. The number of pyridine rings is 1. The Hall–Kier alpha value is -4.90. The van der Waals surface area contributed by atoms with Crippen molar-refractivity contribution in [3.05, 3.63) is 102 Å². The van der Waals surface area contributed by atoms with Gasteiger partial charge < -0.3 is 25.4 Å². The van der Waals surface area contributed by atoms with Crippen LogP contribution in [0.3, 0.4) is 0 Å². The first kappa shape index (κ1) is 31.0. The molecule has 10 nitrogen and oxygen atoms in total. The number of hydrogen-bond acceptors (Lipinski definition) is 8. The van der Waals surface area contributed by atoms with Crippen molar-refractivity contribution in [1.82, 2.24) is 15.6 Å². The fraction of sp³-hybridized carbons (Fsp3) is 0.219. The van der Waals surface area contributed by atoms with Gasteiger partial charge in [0.05, 0.1) is 24.1 Å². The number of nitrogens with zero attached hydrogens (tertiary/aromatic N) is 1. The number of methoxy groups -OCH3 is 1. The normalized spacial score (nSPS) is 11.3. The van der Waals surface area contributed by atoms with Gasteiger partial charge in [0.15, 0.2) is 0 Å². The minimum absolute atomic E-state index is 0.0726. The Bertz CT molecular complexity index is 1570. The molecule has 3 amide bonds. The summed E-state index contributed by atoms with van der Waals surface area (Å²) in [5.74, 6) is -1.28. The van der Waals surface area contributed by atoms with Gasteiger partial charge in [-0.25, -0.2) is 9.78 Å². The van der Waals surface area contributed by atoms with E-state index >= 15 is 0 Å². The fourth-order valence-corrected chi connectivity index (χ4v) is 4.92. The van der Waals surface area contributed by atoms with Crippen molar-refractivity contribution >= 4 is 52.2 Å². The number of hydrogen-bond donors (Lipinski definition) is 3. The molecule has 1 aromatic heterocycles. The van der Waals surface area contributed by atoms with Crippen LogP contribution in [0.2, 0.25) is 0 Å². The Morgan fingerprint density at radius 2 is 1.63 bits per heavy atom. The average Bonchev–Trinajstić information content (AvgIpc) is 3.04. The van der Waals surface area contributed by atoms with Gasteiger partial charge in [-0.05, 0) is 42.7 Å². The van der Waals surface area contributed by atoms with Crippen LogP contribution in [0.25, 0.3) is 10.9 Å². The molecular formula is C32H32N4O6S. The van der Waals surface area contributed by atoms with E-state index in [2.05, 4.69) is 20.9 Å². The number of thioether (sulfide) groups is 1. The molecule has 0 fully saturated rings. The van der Waals surface area contributed by atoms with Crippen molar-refractivity contribution < 1.29 is 28.7 Å². The third-order valence-corrected chi connectivity index (χ3v) is 7.37. The van der Waals surface area contributed by atoms with E-state index in [1.165, 1.54) is 18.9 Å². The molecule has 0 radical (unpaired) electrons. The quantitative estimate of drug-likeness (QED) is 0.112. The highest BCUT2D eigenvalue weighted by Gasteiger charge is 2.23. The molecule has 222 valence electrons. The molecule has 0 aliphatic carbocycles. The second kappa shape index (κ2) is 15.9. The average molecular weight is 601 g/mol. The number of alkyl carbamates (subject to hydrolysis) is 1. The molecule has 4 aromatic rings. The maximum Gasteiger partial charge on any atom is 0.407 e. The second-order valence-corrected chi connectivity index (χ2v) is 10.4. The van der Waals surface area contributed by atoms with Gasteiger partial charge in [0.2, 0.25) is 5.91 Å². The highest BCUT2D eigenvalue weighted by Crippen LogP contribution is 2.27. The Balaban J connectivity index is 1.40. The van der Waals surface area contributed by atoms with Crippen molar-refractivity contribution in [2.45, 2.75) is 30.4 Å². The summed E-state index contributed by atoms with van der Waals surface area (Å²) in [5.41, 5.74) is 2.19. The van der Waals surface area contributed by atoms with Crippen LogP contribution in [-0.4, -0.2) is 54.3 Å². The number of para-hydroxylation sites is 2. The highest BCUT2D eigenvalue weighted by atomic mass is 32.2. The molecule has 0 bridgehead atoms. The number of nitrogens with one attached hydrogen (secondary N) is 3. The van der Waals surface area contributed by atoms with E-state index in [-0.39, 0.29) is 31.0 Å². The molecule has 3 N–H and O–H groups in total. The van der Waals surface area contributed by atoms with Gasteiger partial charge in [0, 0.05) is 16.8 Å². The molecule has 11 heteroatoms. The summed E-state index contributed by atoms with van der Waals surface area (Å²) in [6.07, 6.45) is 0.0235. The smallest absolute Gasteiger partial charge is 0.407 e. The largest absolute Gasteiger partial charge is 0.468 e. The Kier molecular flexibility index (Phi) is 11.5. The molecule has 1 heterocycles. The first-order valence-corrected chi connectivity index (χ1v) is 14.6. The van der Waals surface area contributed by atoms with E-state index in [1.807, 2.05) is 54.6 Å². The van der Waals surface area contributed by atoms with Crippen LogP contribution in [0.5, 0.6) is 0 Å². The van der Waals surface area contributed by atoms with Crippen molar-refractivity contribution in [2.24, 2.45) is 0 Å². The van der Waals surface area contributed by atoms with Gasteiger partial charge in [-0.15, -0.1) is 11.8 Å². The van der Waals surface area contributed by atoms with Gasteiger partial charge in [-0.2, -0.15) is 0 Å². The number of carbonyl (C=O) groups excluding carboxylic acids is 4. The molecular weight excluding hydrogens is 568 g/mol. The Morgan fingerprint density at radius 3 is 2.44 bits per heavy atom. The first-order valence-electron chi connectivity index (χ1n) is 13.6. The molecule has 0 aliphatic rings. The monoisotopic (exact) mass is 600 g/mol. The summed E-state index contributed by atoms with van der Waals surface area (Å²) in [5, 5.41) is 9.23. The first-order chi connectivity index (χ1) is 20.9. The topological polar surface area (TPSA) is 136 Å². The number of amides is 3. The summed E-state index contributed by atoms with van der Waals surface area (Å²) < 4.78 is 9.95. The minimum Gasteiger partial charge on any atom is -0.468 e. The van der Waals surface area contributed by atoms with Gasteiger partial charge >= 0.3 is 12.1 Å². The number of fused-ring (bicyclic) bond motifs is 1. The molecule has 3 aromatic carbocycles. The molecule has 0 aliphatic heterocycles. The number of rotatable bonds is 13. The lowest BCUT2D eigenvalue weighted by molar-refractivity contribution is -0.137. The van der Waals surface area contributed by atoms with Crippen molar-refractivity contribution in [1.29, 1.82) is 0 Å². The zero-order valence-corrected chi connectivity index (χ0v) is 24.4. The molecule has 0 saturated heterocycles. The zero-order chi connectivity index (χ0) is 30.4. The van der Waals surface area contributed by atoms with Crippen LogP contribution in [-0.2, 0) is 25.7 Å². The van der Waals surface area contributed by atoms with Crippen LogP contribution in [0.4, 0.5) is 10.5 Å². The number of ether oxygens (including phenoxy) is 2. The van der Waals surface area contributed by atoms with Crippen molar-refractivity contribution in [3.63, 3.8) is 0 Å². The van der Waals surface area contributed by atoms with E-state index in [4.69, 9.17) is 9.47 Å². The van der Waals surface area contributed by atoms with Gasteiger partial charge in [-0.3, -0.25) is 14.4 Å². The number of carbonyl (C=O) groups is 4. The van der Waals surface area contributed by atoms with Crippen molar-refractivity contribution in [2.75, 3.05) is 24.7 Å². The van der Waals surface area contributed by atoms with E-state index in [1.54, 1.807) is 36.4 Å². The maximum absolute atomic E-state index is 13.5. The fourth-order valence-electron chi connectivity index (χ4n) is 4.08. The van der Waals surface area contributed by atoms with E-state index in [0.29, 0.717) is 22.5 Å².